The Kier molecular flexibility index (Phi) is 8.38. The standard InChI is InChI=1S/C19H28O4/c1-4-6-10-15(11-7-5-2)14(3)23-19(22)17-13-9-8-12-16(17)18(20)21/h8-9,12-15H,4-7,10-11H2,1-3H3,(H,20,21). The summed E-state index contributed by atoms with van der Waals surface area (Å²) < 4.78 is 5.58. The fourth-order valence-electron chi connectivity index (χ4n) is 2.72. The Bertz CT molecular complexity index is 502. The lowest BCUT2D eigenvalue weighted by Gasteiger charge is -2.24. The molecule has 0 saturated heterocycles. The molecule has 1 aromatic carbocycles. The third-order valence-corrected chi connectivity index (χ3v) is 4.19. The summed E-state index contributed by atoms with van der Waals surface area (Å²) in [5, 5.41) is 9.18. The first-order valence-electron chi connectivity index (χ1n) is 8.54. The summed E-state index contributed by atoms with van der Waals surface area (Å²) in [5.41, 5.74) is 0.111. The maximum absolute atomic E-state index is 12.3. The lowest BCUT2D eigenvalue weighted by molar-refractivity contribution is 0.0161. The van der Waals surface area contributed by atoms with Gasteiger partial charge in [0.05, 0.1) is 11.1 Å². The third kappa shape index (κ3) is 6.05. The van der Waals surface area contributed by atoms with E-state index >= 15 is 0 Å². The number of hydrogen-bond donors (Lipinski definition) is 1. The number of carbonyl (C=O) groups is 2. The zero-order valence-corrected chi connectivity index (χ0v) is 14.4. The molecule has 0 aliphatic carbocycles. The molecule has 0 aliphatic heterocycles. The number of carboxylic acid groups (broad SMARTS) is 1. The lowest BCUT2D eigenvalue weighted by atomic mass is 9.91. The topological polar surface area (TPSA) is 63.6 Å². The molecule has 0 heterocycles. The van der Waals surface area contributed by atoms with Crippen molar-refractivity contribution >= 4 is 11.9 Å². The Morgan fingerprint density at radius 2 is 1.57 bits per heavy atom. The van der Waals surface area contributed by atoms with E-state index in [2.05, 4.69) is 13.8 Å². The van der Waals surface area contributed by atoms with E-state index < -0.39 is 11.9 Å². The van der Waals surface area contributed by atoms with Gasteiger partial charge in [0, 0.05) is 0 Å². The SMILES string of the molecule is CCCCC(CCCC)C(C)OC(=O)c1ccccc1C(=O)O. The van der Waals surface area contributed by atoms with Crippen molar-refractivity contribution in [2.45, 2.75) is 65.4 Å². The summed E-state index contributed by atoms with van der Waals surface area (Å²) >= 11 is 0. The highest BCUT2D eigenvalue weighted by molar-refractivity contribution is 6.02. The normalized spacial score (nSPS) is 12.2. The van der Waals surface area contributed by atoms with Crippen LogP contribution >= 0.6 is 0 Å². The molecule has 0 aliphatic rings. The number of esters is 1. The summed E-state index contributed by atoms with van der Waals surface area (Å²) in [6.07, 6.45) is 6.32. The molecule has 0 saturated carbocycles. The molecule has 0 radical (unpaired) electrons. The second-order valence-corrected chi connectivity index (χ2v) is 6.01. The molecule has 23 heavy (non-hydrogen) atoms. The quantitative estimate of drug-likeness (QED) is 0.621. The number of carboxylic acids is 1. The maximum atomic E-state index is 12.3. The van der Waals surface area contributed by atoms with Gasteiger partial charge in [-0.1, -0.05) is 51.7 Å². The van der Waals surface area contributed by atoms with Gasteiger partial charge in [-0.25, -0.2) is 9.59 Å². The maximum Gasteiger partial charge on any atom is 0.339 e. The smallest absolute Gasteiger partial charge is 0.339 e. The van der Waals surface area contributed by atoms with Crippen molar-refractivity contribution in [3.05, 3.63) is 35.4 Å². The number of unbranched alkanes of at least 4 members (excludes halogenated alkanes) is 2. The first-order chi connectivity index (χ1) is 11.0. The van der Waals surface area contributed by atoms with E-state index in [0.717, 1.165) is 38.5 Å². The molecule has 1 aromatic rings. The molecule has 128 valence electrons. The van der Waals surface area contributed by atoms with Crippen LogP contribution in [0.3, 0.4) is 0 Å². The number of ether oxygens (including phenoxy) is 1. The van der Waals surface area contributed by atoms with E-state index in [1.807, 2.05) is 6.92 Å². The van der Waals surface area contributed by atoms with Crippen LogP contribution in [0.4, 0.5) is 0 Å². The van der Waals surface area contributed by atoms with Crippen molar-refractivity contribution in [1.82, 2.24) is 0 Å². The Labute approximate surface area is 138 Å². The fraction of sp³-hybridized carbons (Fsp3) is 0.579. The van der Waals surface area contributed by atoms with Crippen molar-refractivity contribution in [2.75, 3.05) is 0 Å². The Hall–Kier alpha value is -1.84. The van der Waals surface area contributed by atoms with Gasteiger partial charge in [-0.2, -0.15) is 0 Å². The molecule has 0 amide bonds. The zero-order valence-electron chi connectivity index (χ0n) is 14.4. The van der Waals surface area contributed by atoms with Crippen molar-refractivity contribution < 1.29 is 19.4 Å². The van der Waals surface area contributed by atoms with E-state index in [1.54, 1.807) is 12.1 Å². The van der Waals surface area contributed by atoms with Gasteiger partial charge >= 0.3 is 11.9 Å². The van der Waals surface area contributed by atoms with Gasteiger partial charge in [0.25, 0.3) is 0 Å². The molecular formula is C19H28O4. The van der Waals surface area contributed by atoms with Crippen LogP contribution in [-0.2, 0) is 4.74 Å². The van der Waals surface area contributed by atoms with E-state index in [1.165, 1.54) is 12.1 Å². The first kappa shape index (κ1) is 19.2. The summed E-state index contributed by atoms with van der Waals surface area (Å²) in [6.45, 7) is 6.21. The lowest BCUT2D eigenvalue weighted by Crippen LogP contribution is -2.25. The largest absolute Gasteiger partial charge is 0.478 e. The third-order valence-electron chi connectivity index (χ3n) is 4.19. The van der Waals surface area contributed by atoms with Crippen LogP contribution in [0.2, 0.25) is 0 Å². The van der Waals surface area contributed by atoms with Crippen LogP contribution in [0.5, 0.6) is 0 Å². The molecule has 4 heteroatoms. The van der Waals surface area contributed by atoms with E-state index in [9.17, 15) is 14.7 Å². The summed E-state index contributed by atoms with van der Waals surface area (Å²) in [5.74, 6) is -1.33. The van der Waals surface area contributed by atoms with E-state index in [4.69, 9.17) is 4.74 Å². The van der Waals surface area contributed by atoms with Gasteiger partial charge < -0.3 is 9.84 Å². The van der Waals surface area contributed by atoms with Crippen molar-refractivity contribution in [2.24, 2.45) is 5.92 Å². The number of aromatic carboxylic acids is 1. The van der Waals surface area contributed by atoms with Gasteiger partial charge in [0.1, 0.15) is 6.10 Å². The Balaban J connectivity index is 2.78. The predicted molar refractivity (Wildman–Crippen MR) is 90.8 cm³/mol. The molecule has 0 fully saturated rings. The molecule has 1 rings (SSSR count). The molecule has 1 N–H and O–H groups in total. The van der Waals surface area contributed by atoms with Gasteiger partial charge in [0.15, 0.2) is 0 Å². The fourth-order valence-corrected chi connectivity index (χ4v) is 2.72. The summed E-state index contributed by atoms with van der Waals surface area (Å²) in [7, 11) is 0. The molecular weight excluding hydrogens is 292 g/mol. The Morgan fingerprint density at radius 3 is 2.04 bits per heavy atom. The highest BCUT2D eigenvalue weighted by atomic mass is 16.5. The number of rotatable bonds is 10. The second kappa shape index (κ2) is 10.0. The molecule has 0 spiro atoms. The number of benzene rings is 1. The van der Waals surface area contributed by atoms with Crippen molar-refractivity contribution in [3.63, 3.8) is 0 Å². The monoisotopic (exact) mass is 320 g/mol. The summed E-state index contributed by atoms with van der Waals surface area (Å²) in [6, 6.07) is 6.19. The van der Waals surface area contributed by atoms with Gasteiger partial charge in [-0.05, 0) is 37.8 Å². The minimum absolute atomic E-state index is 0.0108. The molecule has 0 bridgehead atoms. The first-order valence-corrected chi connectivity index (χ1v) is 8.54. The van der Waals surface area contributed by atoms with Crippen LogP contribution in [0.1, 0.15) is 80.0 Å². The number of carbonyl (C=O) groups excluding carboxylic acids is 1. The minimum Gasteiger partial charge on any atom is -0.478 e. The summed E-state index contributed by atoms with van der Waals surface area (Å²) in [4.78, 5) is 23.6. The number of hydrogen-bond acceptors (Lipinski definition) is 3. The van der Waals surface area contributed by atoms with Crippen LogP contribution in [0, 0.1) is 5.92 Å². The van der Waals surface area contributed by atoms with Crippen LogP contribution < -0.4 is 0 Å². The van der Waals surface area contributed by atoms with Gasteiger partial charge in [0.2, 0.25) is 0 Å². The zero-order chi connectivity index (χ0) is 17.2. The highest BCUT2D eigenvalue weighted by Gasteiger charge is 2.23. The van der Waals surface area contributed by atoms with Crippen LogP contribution in [0.25, 0.3) is 0 Å². The van der Waals surface area contributed by atoms with Crippen molar-refractivity contribution in [1.29, 1.82) is 0 Å². The van der Waals surface area contributed by atoms with Crippen LogP contribution in [0.15, 0.2) is 24.3 Å². The van der Waals surface area contributed by atoms with Gasteiger partial charge in [-0.15, -0.1) is 0 Å². The average molecular weight is 320 g/mol. The average Bonchev–Trinajstić information content (AvgIpc) is 2.54. The van der Waals surface area contributed by atoms with E-state index in [0.29, 0.717) is 5.92 Å². The second-order valence-electron chi connectivity index (χ2n) is 6.01. The molecule has 0 aromatic heterocycles. The minimum atomic E-state index is -1.11. The highest BCUT2D eigenvalue weighted by Crippen LogP contribution is 2.23. The molecule has 1 atom stereocenters. The molecule has 4 nitrogen and oxygen atoms in total. The molecule has 1 unspecified atom stereocenters. The van der Waals surface area contributed by atoms with E-state index in [-0.39, 0.29) is 17.2 Å². The van der Waals surface area contributed by atoms with Crippen LogP contribution in [-0.4, -0.2) is 23.1 Å². The van der Waals surface area contributed by atoms with Crippen molar-refractivity contribution in [3.8, 4) is 0 Å². The van der Waals surface area contributed by atoms with Gasteiger partial charge in [-0.3, -0.25) is 0 Å². The predicted octanol–water partition coefficient (Wildman–Crippen LogP) is 4.93. The Morgan fingerprint density at radius 1 is 1.04 bits per heavy atom.